The van der Waals surface area contributed by atoms with Crippen molar-refractivity contribution >= 4 is 11.4 Å². The maximum atomic E-state index is 10.6. The second-order valence-corrected chi connectivity index (χ2v) is 3.18. The van der Waals surface area contributed by atoms with Gasteiger partial charge in [0.15, 0.2) is 17.2 Å². The van der Waals surface area contributed by atoms with Gasteiger partial charge in [0.2, 0.25) is 0 Å². The predicted octanol–water partition coefficient (Wildman–Crippen LogP) is 2.17. The topological polar surface area (TPSA) is 51.1 Å². The quantitative estimate of drug-likeness (QED) is 0.714. The third kappa shape index (κ3) is 2.18. The number of methoxy groups -OCH3 is 2. The van der Waals surface area contributed by atoms with Gasteiger partial charge in [-0.3, -0.25) is 0 Å². The molecule has 0 radical (unpaired) electrons. The van der Waals surface area contributed by atoms with Gasteiger partial charge in [0.05, 0.1) is 14.2 Å². The third-order valence-corrected chi connectivity index (χ3v) is 2.07. The molecule has 1 rings (SSSR count). The highest BCUT2D eigenvalue weighted by Gasteiger charge is 2.13. The van der Waals surface area contributed by atoms with E-state index in [0.29, 0.717) is 11.5 Å². The van der Waals surface area contributed by atoms with Gasteiger partial charge in [0.25, 0.3) is 0 Å². The Balaban J connectivity index is 3.35. The minimum absolute atomic E-state index is 0.186. The Labute approximate surface area is 88.6 Å². The van der Waals surface area contributed by atoms with Gasteiger partial charge in [-0.05, 0) is 5.18 Å². The fourth-order valence-electron chi connectivity index (χ4n) is 1.23. The molecule has 0 aliphatic heterocycles. The van der Waals surface area contributed by atoms with Crippen molar-refractivity contribution in [3.05, 3.63) is 17.0 Å². The number of nitroso groups, excluding NO2 is 1. The zero-order chi connectivity index (χ0) is 11.4. The fraction of sp³-hybridized carbons (Fsp3) is 0.400. The standard InChI is InChI=1S/C10H14N2O3/c1-12(2)7-5-8(14-3)10(11-13)9(6-7)15-4/h5-6H,1-4H3. The Morgan fingerprint density at radius 2 is 1.60 bits per heavy atom. The zero-order valence-corrected chi connectivity index (χ0v) is 9.27. The average Bonchev–Trinajstić information content (AvgIpc) is 2.26. The van der Waals surface area contributed by atoms with E-state index < -0.39 is 0 Å². The summed E-state index contributed by atoms with van der Waals surface area (Å²) < 4.78 is 10.1. The second kappa shape index (κ2) is 4.63. The molecule has 0 atom stereocenters. The molecule has 1 aromatic rings. The molecule has 5 nitrogen and oxygen atoms in total. The highest BCUT2D eigenvalue weighted by atomic mass is 16.5. The first-order valence-corrected chi connectivity index (χ1v) is 4.40. The van der Waals surface area contributed by atoms with Gasteiger partial charge in [-0.2, -0.15) is 0 Å². The van der Waals surface area contributed by atoms with Crippen molar-refractivity contribution in [2.75, 3.05) is 33.2 Å². The second-order valence-electron chi connectivity index (χ2n) is 3.18. The average molecular weight is 210 g/mol. The van der Waals surface area contributed by atoms with Crippen LogP contribution in [0.1, 0.15) is 0 Å². The van der Waals surface area contributed by atoms with E-state index in [1.54, 1.807) is 12.1 Å². The van der Waals surface area contributed by atoms with Crippen LogP contribution in [0.5, 0.6) is 11.5 Å². The lowest BCUT2D eigenvalue weighted by Crippen LogP contribution is -2.08. The van der Waals surface area contributed by atoms with Gasteiger partial charge in [0.1, 0.15) is 0 Å². The van der Waals surface area contributed by atoms with Gasteiger partial charge < -0.3 is 14.4 Å². The van der Waals surface area contributed by atoms with Crippen LogP contribution >= 0.6 is 0 Å². The molecular weight excluding hydrogens is 196 g/mol. The Bertz CT molecular complexity index is 339. The van der Waals surface area contributed by atoms with Crippen LogP contribution in [0.2, 0.25) is 0 Å². The Morgan fingerprint density at radius 3 is 1.87 bits per heavy atom. The molecule has 0 bridgehead atoms. The lowest BCUT2D eigenvalue weighted by Gasteiger charge is -2.16. The first-order chi connectivity index (χ1) is 7.13. The summed E-state index contributed by atoms with van der Waals surface area (Å²) in [5.74, 6) is 0.820. The number of rotatable bonds is 4. The molecule has 0 spiro atoms. The van der Waals surface area contributed by atoms with Crippen LogP contribution in [-0.2, 0) is 0 Å². The molecule has 0 amide bonds. The number of hydrogen-bond donors (Lipinski definition) is 0. The molecule has 82 valence electrons. The van der Waals surface area contributed by atoms with E-state index in [-0.39, 0.29) is 5.69 Å². The summed E-state index contributed by atoms with van der Waals surface area (Å²) in [5, 5.41) is 2.89. The first-order valence-electron chi connectivity index (χ1n) is 4.40. The molecular formula is C10H14N2O3. The van der Waals surface area contributed by atoms with E-state index in [9.17, 15) is 4.91 Å². The van der Waals surface area contributed by atoms with Crippen molar-refractivity contribution in [1.82, 2.24) is 0 Å². The summed E-state index contributed by atoms with van der Waals surface area (Å²) in [6, 6.07) is 3.47. The van der Waals surface area contributed by atoms with E-state index in [1.165, 1.54) is 14.2 Å². The lowest BCUT2D eigenvalue weighted by atomic mass is 10.2. The summed E-state index contributed by atoms with van der Waals surface area (Å²) in [7, 11) is 6.76. The highest BCUT2D eigenvalue weighted by Crippen LogP contribution is 2.40. The van der Waals surface area contributed by atoms with Crippen molar-refractivity contribution < 1.29 is 9.47 Å². The predicted molar refractivity (Wildman–Crippen MR) is 59.3 cm³/mol. The molecule has 0 aromatic heterocycles. The van der Waals surface area contributed by atoms with Gasteiger partial charge in [-0.1, -0.05) is 0 Å². The Morgan fingerprint density at radius 1 is 1.13 bits per heavy atom. The monoisotopic (exact) mass is 210 g/mol. The zero-order valence-electron chi connectivity index (χ0n) is 9.27. The van der Waals surface area contributed by atoms with E-state index >= 15 is 0 Å². The van der Waals surface area contributed by atoms with Gasteiger partial charge in [-0.15, -0.1) is 4.91 Å². The van der Waals surface area contributed by atoms with Crippen molar-refractivity contribution in [1.29, 1.82) is 0 Å². The Hall–Kier alpha value is -1.78. The molecule has 0 aliphatic rings. The summed E-state index contributed by atoms with van der Waals surface area (Å²) in [5.41, 5.74) is 1.07. The Kier molecular flexibility index (Phi) is 3.49. The molecule has 0 fully saturated rings. The minimum Gasteiger partial charge on any atom is -0.494 e. The summed E-state index contributed by atoms with van der Waals surface area (Å²) in [6.07, 6.45) is 0. The van der Waals surface area contributed by atoms with Gasteiger partial charge in [0, 0.05) is 31.9 Å². The maximum Gasteiger partial charge on any atom is 0.191 e. The molecule has 0 heterocycles. The number of nitrogens with zero attached hydrogens (tertiary/aromatic N) is 2. The van der Waals surface area contributed by atoms with Crippen LogP contribution in [0.3, 0.4) is 0 Å². The highest BCUT2D eigenvalue weighted by molar-refractivity contribution is 5.69. The van der Waals surface area contributed by atoms with Gasteiger partial charge >= 0.3 is 0 Å². The van der Waals surface area contributed by atoms with Crippen LogP contribution in [-0.4, -0.2) is 28.3 Å². The minimum atomic E-state index is 0.186. The normalized spacial score (nSPS) is 9.60. The van der Waals surface area contributed by atoms with E-state index in [4.69, 9.17) is 9.47 Å². The number of anilines is 1. The van der Waals surface area contributed by atoms with E-state index in [2.05, 4.69) is 5.18 Å². The fourth-order valence-corrected chi connectivity index (χ4v) is 1.23. The lowest BCUT2D eigenvalue weighted by molar-refractivity contribution is 0.397. The molecule has 0 aliphatic carbocycles. The maximum absolute atomic E-state index is 10.6. The largest absolute Gasteiger partial charge is 0.494 e. The van der Waals surface area contributed by atoms with Crippen molar-refractivity contribution in [3.8, 4) is 11.5 Å². The molecule has 5 heteroatoms. The molecule has 0 saturated heterocycles. The SMILES string of the molecule is COc1cc(N(C)C)cc(OC)c1N=O. The smallest absolute Gasteiger partial charge is 0.191 e. The molecule has 0 unspecified atom stereocenters. The van der Waals surface area contributed by atoms with Crippen molar-refractivity contribution in [2.45, 2.75) is 0 Å². The van der Waals surface area contributed by atoms with Crippen molar-refractivity contribution in [2.24, 2.45) is 5.18 Å². The molecule has 0 N–H and O–H groups in total. The third-order valence-electron chi connectivity index (χ3n) is 2.07. The van der Waals surface area contributed by atoms with Gasteiger partial charge in [-0.25, -0.2) is 0 Å². The van der Waals surface area contributed by atoms with Crippen molar-refractivity contribution in [3.63, 3.8) is 0 Å². The van der Waals surface area contributed by atoms with Crippen LogP contribution in [0.15, 0.2) is 17.3 Å². The number of ether oxygens (including phenoxy) is 2. The first kappa shape index (κ1) is 11.3. The number of hydrogen-bond acceptors (Lipinski definition) is 5. The van der Waals surface area contributed by atoms with E-state index in [1.807, 2.05) is 19.0 Å². The van der Waals surface area contributed by atoms with Crippen LogP contribution in [0.4, 0.5) is 11.4 Å². The van der Waals surface area contributed by atoms with Crippen LogP contribution < -0.4 is 14.4 Å². The summed E-state index contributed by atoms with van der Waals surface area (Å²) >= 11 is 0. The van der Waals surface area contributed by atoms with E-state index in [0.717, 1.165) is 5.69 Å². The van der Waals surface area contributed by atoms with Crippen LogP contribution in [0.25, 0.3) is 0 Å². The molecule has 1 aromatic carbocycles. The number of benzene rings is 1. The molecule has 0 saturated carbocycles. The summed E-state index contributed by atoms with van der Waals surface area (Å²) in [4.78, 5) is 12.5. The molecule has 15 heavy (non-hydrogen) atoms. The van der Waals surface area contributed by atoms with Crippen LogP contribution in [0, 0.1) is 4.91 Å². The summed E-state index contributed by atoms with van der Waals surface area (Å²) in [6.45, 7) is 0.